The molecule has 296 valence electrons. The lowest BCUT2D eigenvalue weighted by atomic mass is 9.90. The van der Waals surface area contributed by atoms with Crippen LogP contribution in [0.2, 0.25) is 0 Å². The highest BCUT2D eigenvalue weighted by Crippen LogP contribution is 2.43. The van der Waals surface area contributed by atoms with Crippen LogP contribution in [0.4, 0.5) is 55.9 Å². The molecule has 4 rings (SSSR count). The monoisotopic (exact) mass is 802 g/mol. The Morgan fingerprint density at radius 2 is 1.63 bits per heavy atom. The number of amides is 1. The van der Waals surface area contributed by atoms with Gasteiger partial charge in [-0.15, -0.1) is 0 Å². The number of nitrogens with one attached hydrogen (secondary N) is 1. The molecule has 0 saturated carbocycles. The molecular formula is C32H31F9N4O8S. The molecule has 1 amide bonds. The number of esters is 1. The van der Waals surface area contributed by atoms with Crippen LogP contribution in [-0.4, -0.2) is 60.3 Å². The number of benzene rings is 2. The van der Waals surface area contributed by atoms with Crippen molar-refractivity contribution in [3.05, 3.63) is 70.5 Å². The molecule has 1 aliphatic heterocycles. The zero-order chi connectivity index (χ0) is 40.2. The predicted octanol–water partition coefficient (Wildman–Crippen LogP) is 7.88. The van der Waals surface area contributed by atoms with Crippen LogP contribution in [0.3, 0.4) is 0 Å². The standard InChI is InChI=1S/C32H31F9N4O8S/c1-3-20-14-23(22-15-21(53-54(49,50)32(39,40)41)7-8-25(22)45(20)29(47)48)43-28-42-16-26(52-9-5-6-27(46)51-4-2)24(44-28)12-17-10-18(30(33,34)35)13-19(11-17)31(36,37)38/h7-8,10-11,13,15-16,20,23H,3-6,9,12,14H2,1-2H3,(H,47,48)(H,42,43,44)/t20-,23+/m1/s1. The van der Waals surface area contributed by atoms with Gasteiger partial charge in [-0.1, -0.05) is 6.92 Å². The number of halogens is 9. The first-order valence-electron chi connectivity index (χ1n) is 15.9. The average molecular weight is 803 g/mol. The normalized spacial score (nSPS) is 16.4. The maximum atomic E-state index is 13.6. The van der Waals surface area contributed by atoms with Gasteiger partial charge in [0.2, 0.25) is 5.95 Å². The molecule has 0 aliphatic carbocycles. The van der Waals surface area contributed by atoms with Crippen LogP contribution in [0.1, 0.15) is 73.5 Å². The van der Waals surface area contributed by atoms with Gasteiger partial charge in [0.05, 0.1) is 48.0 Å². The molecular weight excluding hydrogens is 771 g/mol. The van der Waals surface area contributed by atoms with Crippen molar-refractivity contribution in [3.63, 3.8) is 0 Å². The molecule has 0 fully saturated rings. The van der Waals surface area contributed by atoms with Crippen molar-refractivity contribution in [1.29, 1.82) is 0 Å². The second-order valence-electron chi connectivity index (χ2n) is 11.7. The quantitative estimate of drug-likeness (QED) is 0.0570. The second kappa shape index (κ2) is 16.1. The van der Waals surface area contributed by atoms with Crippen LogP contribution in [0.5, 0.6) is 11.5 Å². The highest BCUT2D eigenvalue weighted by Gasteiger charge is 2.49. The molecule has 2 atom stereocenters. The van der Waals surface area contributed by atoms with Gasteiger partial charge in [0.1, 0.15) is 5.75 Å². The Bertz CT molecular complexity index is 1930. The van der Waals surface area contributed by atoms with Crippen molar-refractivity contribution < 1.29 is 76.3 Å². The number of nitrogens with zero attached hydrogens (tertiary/aromatic N) is 3. The van der Waals surface area contributed by atoms with Crippen molar-refractivity contribution in [2.45, 2.75) is 75.9 Å². The third-order valence-corrected chi connectivity index (χ3v) is 8.89. The Morgan fingerprint density at radius 1 is 0.981 bits per heavy atom. The topological polar surface area (TPSA) is 157 Å². The first-order valence-corrected chi connectivity index (χ1v) is 17.3. The molecule has 1 aromatic heterocycles. The number of anilines is 2. The van der Waals surface area contributed by atoms with Gasteiger partial charge in [-0.2, -0.15) is 47.9 Å². The van der Waals surface area contributed by atoms with Gasteiger partial charge in [0, 0.05) is 24.4 Å². The number of fused-ring (bicyclic) bond motifs is 1. The van der Waals surface area contributed by atoms with E-state index in [0.29, 0.717) is 12.1 Å². The van der Waals surface area contributed by atoms with E-state index in [4.69, 9.17) is 9.47 Å². The number of rotatable bonds is 13. The van der Waals surface area contributed by atoms with Gasteiger partial charge in [0.15, 0.2) is 5.75 Å². The Morgan fingerprint density at radius 3 is 2.19 bits per heavy atom. The van der Waals surface area contributed by atoms with Crippen molar-refractivity contribution in [1.82, 2.24) is 9.97 Å². The molecule has 2 N–H and O–H groups in total. The largest absolute Gasteiger partial charge is 0.534 e. The summed E-state index contributed by atoms with van der Waals surface area (Å²) in [7, 11) is -6.14. The molecule has 2 aromatic carbocycles. The molecule has 0 bridgehead atoms. The van der Waals surface area contributed by atoms with Crippen LogP contribution >= 0.6 is 0 Å². The SMILES string of the molecule is CCOC(=O)CCCOc1cnc(N[C@H]2C[C@@H](CC)N(C(=O)O)c3ccc(OS(=O)(=O)C(F)(F)F)cc32)nc1Cc1cc(C(F)(F)F)cc(C(F)(F)F)c1. The van der Waals surface area contributed by atoms with Crippen LogP contribution in [-0.2, 0) is 38.4 Å². The van der Waals surface area contributed by atoms with E-state index in [2.05, 4.69) is 19.5 Å². The number of hydrogen-bond donors (Lipinski definition) is 2. The van der Waals surface area contributed by atoms with E-state index in [1.165, 1.54) is 0 Å². The average Bonchev–Trinajstić information content (AvgIpc) is 3.05. The summed E-state index contributed by atoms with van der Waals surface area (Å²) in [5.74, 6) is -1.88. The van der Waals surface area contributed by atoms with Crippen LogP contribution < -0.4 is 19.1 Å². The fourth-order valence-corrected chi connectivity index (χ4v) is 5.98. The summed E-state index contributed by atoms with van der Waals surface area (Å²) in [4.78, 5) is 33.3. The zero-order valence-corrected chi connectivity index (χ0v) is 28.9. The highest BCUT2D eigenvalue weighted by molar-refractivity contribution is 7.88. The summed E-state index contributed by atoms with van der Waals surface area (Å²) in [5, 5.41) is 12.8. The number of carboxylic acid groups (broad SMARTS) is 1. The number of ether oxygens (including phenoxy) is 2. The molecule has 1 aliphatic rings. The number of aromatic nitrogens is 2. The van der Waals surface area contributed by atoms with Crippen molar-refractivity contribution in [3.8, 4) is 11.5 Å². The minimum Gasteiger partial charge on any atom is -0.490 e. The van der Waals surface area contributed by atoms with Gasteiger partial charge in [-0.3, -0.25) is 9.69 Å². The van der Waals surface area contributed by atoms with E-state index in [9.17, 15) is 62.6 Å². The third-order valence-electron chi connectivity index (χ3n) is 7.91. The maximum absolute atomic E-state index is 13.6. The fourth-order valence-electron chi connectivity index (χ4n) is 5.53. The van der Waals surface area contributed by atoms with Crippen molar-refractivity contribution in [2.75, 3.05) is 23.4 Å². The Hall–Kier alpha value is -5.02. The summed E-state index contributed by atoms with van der Waals surface area (Å²) < 4.78 is 159. The second-order valence-corrected chi connectivity index (χ2v) is 13.2. The van der Waals surface area contributed by atoms with E-state index < -0.39 is 81.0 Å². The fraction of sp³-hybridized carbons (Fsp3) is 0.438. The van der Waals surface area contributed by atoms with E-state index in [0.717, 1.165) is 29.3 Å². The third kappa shape index (κ3) is 10.1. The summed E-state index contributed by atoms with van der Waals surface area (Å²) in [6.07, 6.45) is -11.3. The van der Waals surface area contributed by atoms with E-state index >= 15 is 0 Å². The molecule has 22 heteroatoms. The lowest BCUT2D eigenvalue weighted by Crippen LogP contribution is -2.45. The van der Waals surface area contributed by atoms with Gasteiger partial charge < -0.3 is 24.1 Å². The summed E-state index contributed by atoms with van der Waals surface area (Å²) in [6.45, 7) is 3.17. The van der Waals surface area contributed by atoms with E-state index in [-0.39, 0.29) is 73.6 Å². The van der Waals surface area contributed by atoms with E-state index in [1.807, 2.05) is 0 Å². The van der Waals surface area contributed by atoms with E-state index in [1.54, 1.807) is 13.8 Å². The molecule has 0 unspecified atom stereocenters. The molecule has 2 heterocycles. The van der Waals surface area contributed by atoms with Crippen molar-refractivity contribution >= 4 is 33.8 Å². The minimum absolute atomic E-state index is 0.0493. The highest BCUT2D eigenvalue weighted by atomic mass is 32.2. The Balaban J connectivity index is 1.77. The van der Waals surface area contributed by atoms with Gasteiger partial charge in [-0.25, -0.2) is 14.8 Å². The van der Waals surface area contributed by atoms with Gasteiger partial charge >= 0.3 is 40.0 Å². The summed E-state index contributed by atoms with van der Waals surface area (Å²) in [5.41, 5.74) is -9.82. The lowest BCUT2D eigenvalue weighted by molar-refractivity contribution is -0.144. The molecule has 12 nitrogen and oxygen atoms in total. The first-order chi connectivity index (χ1) is 25.0. The smallest absolute Gasteiger partial charge is 0.490 e. The maximum Gasteiger partial charge on any atom is 0.534 e. The van der Waals surface area contributed by atoms with Crippen LogP contribution in [0, 0.1) is 0 Å². The van der Waals surface area contributed by atoms with Gasteiger partial charge in [-0.05, 0) is 68.1 Å². The summed E-state index contributed by atoms with van der Waals surface area (Å²) in [6, 6.07) is 1.84. The van der Waals surface area contributed by atoms with Crippen LogP contribution in [0.15, 0.2) is 42.6 Å². The predicted molar refractivity (Wildman–Crippen MR) is 170 cm³/mol. The lowest BCUT2D eigenvalue weighted by Gasteiger charge is -2.39. The Labute approximate surface area is 301 Å². The molecule has 0 spiro atoms. The number of carbonyl (C=O) groups excluding carboxylic acids is 1. The first kappa shape index (κ1) is 41.7. The van der Waals surface area contributed by atoms with Gasteiger partial charge in [0.25, 0.3) is 0 Å². The zero-order valence-electron chi connectivity index (χ0n) is 28.1. The molecule has 54 heavy (non-hydrogen) atoms. The van der Waals surface area contributed by atoms with Crippen LogP contribution in [0.25, 0.3) is 0 Å². The molecule has 0 saturated heterocycles. The Kier molecular flexibility index (Phi) is 12.5. The summed E-state index contributed by atoms with van der Waals surface area (Å²) >= 11 is 0. The molecule has 3 aromatic rings. The number of alkyl halides is 9. The number of carbonyl (C=O) groups is 2. The number of hydrogen-bond acceptors (Lipinski definition) is 10. The minimum atomic E-state index is -6.14. The van der Waals surface area contributed by atoms with Crippen molar-refractivity contribution in [2.24, 2.45) is 0 Å². The molecule has 0 radical (unpaired) electrons.